The van der Waals surface area contributed by atoms with E-state index >= 15 is 0 Å². The van der Waals surface area contributed by atoms with Crippen molar-refractivity contribution in [1.29, 1.82) is 0 Å². The second kappa shape index (κ2) is 9.78. The third kappa shape index (κ3) is 4.80. The second-order valence-corrected chi connectivity index (χ2v) is 8.46. The molecule has 1 unspecified atom stereocenters. The molecule has 8 heteroatoms. The summed E-state index contributed by atoms with van der Waals surface area (Å²) in [6, 6.07) is 8.59. The lowest BCUT2D eigenvalue weighted by Crippen LogP contribution is -2.47. The van der Waals surface area contributed by atoms with Crippen LogP contribution in [-0.4, -0.2) is 27.8 Å². The number of thiophene rings is 1. The first-order valence-electron chi connectivity index (χ1n) is 10.3. The van der Waals surface area contributed by atoms with E-state index < -0.39 is 17.8 Å². The number of carbonyl (C=O) groups excluding carboxylic acids is 2. The number of benzene rings is 1. The van der Waals surface area contributed by atoms with Gasteiger partial charge in [0.1, 0.15) is 11.5 Å². The van der Waals surface area contributed by atoms with Crippen LogP contribution in [0.1, 0.15) is 53.5 Å². The monoisotopic (exact) mass is 438 g/mol. The standard InChI is InChI=1S/C23H23FN4O2S/c24-17-9-4-5-10-19(17)28(23(30)18-15-25-12-13-26-18)21(20-11-6-14-31-20)22(29)27-16-7-2-1-3-8-16/h4-6,9-16,21H,1-3,7-8H2,(H,27,29). The first kappa shape index (κ1) is 21.1. The molecule has 0 saturated heterocycles. The first-order valence-corrected chi connectivity index (χ1v) is 11.2. The molecule has 6 nitrogen and oxygen atoms in total. The fourth-order valence-electron chi connectivity index (χ4n) is 3.89. The summed E-state index contributed by atoms with van der Waals surface area (Å²) < 4.78 is 14.9. The van der Waals surface area contributed by atoms with Crippen LogP contribution in [0.15, 0.2) is 60.4 Å². The van der Waals surface area contributed by atoms with Crippen LogP contribution in [-0.2, 0) is 4.79 Å². The molecule has 31 heavy (non-hydrogen) atoms. The summed E-state index contributed by atoms with van der Waals surface area (Å²) in [6.07, 6.45) is 9.26. The molecular weight excluding hydrogens is 415 g/mol. The number of para-hydroxylation sites is 1. The van der Waals surface area contributed by atoms with Crippen molar-refractivity contribution in [2.45, 2.75) is 44.2 Å². The van der Waals surface area contributed by atoms with Crippen molar-refractivity contribution in [2.75, 3.05) is 4.90 Å². The summed E-state index contributed by atoms with van der Waals surface area (Å²) in [4.78, 5) is 36.9. The molecule has 1 aliphatic carbocycles. The van der Waals surface area contributed by atoms with Crippen LogP contribution in [0, 0.1) is 5.82 Å². The van der Waals surface area contributed by atoms with Crippen LogP contribution in [0.25, 0.3) is 0 Å². The van der Waals surface area contributed by atoms with Crippen LogP contribution < -0.4 is 10.2 Å². The minimum atomic E-state index is -1.02. The van der Waals surface area contributed by atoms with Gasteiger partial charge < -0.3 is 5.32 Å². The van der Waals surface area contributed by atoms with Crippen LogP contribution in [0.5, 0.6) is 0 Å². The smallest absolute Gasteiger partial charge is 0.279 e. The van der Waals surface area contributed by atoms with Gasteiger partial charge in [-0.3, -0.25) is 19.5 Å². The van der Waals surface area contributed by atoms with Crippen molar-refractivity contribution in [3.8, 4) is 0 Å². The van der Waals surface area contributed by atoms with Gasteiger partial charge in [-0.15, -0.1) is 11.3 Å². The van der Waals surface area contributed by atoms with Crippen molar-refractivity contribution in [3.63, 3.8) is 0 Å². The fourth-order valence-corrected chi connectivity index (χ4v) is 4.71. The summed E-state index contributed by atoms with van der Waals surface area (Å²) in [5, 5.41) is 4.93. The van der Waals surface area contributed by atoms with E-state index in [1.54, 1.807) is 18.2 Å². The van der Waals surface area contributed by atoms with Crippen molar-refractivity contribution >= 4 is 28.8 Å². The molecule has 1 saturated carbocycles. The molecule has 1 atom stereocenters. The number of aromatic nitrogens is 2. The number of carbonyl (C=O) groups is 2. The Bertz CT molecular complexity index is 1020. The van der Waals surface area contributed by atoms with Gasteiger partial charge in [0, 0.05) is 23.3 Å². The molecule has 3 aromatic rings. The van der Waals surface area contributed by atoms with Gasteiger partial charge in [0.2, 0.25) is 5.91 Å². The van der Waals surface area contributed by atoms with E-state index in [4.69, 9.17) is 0 Å². The summed E-state index contributed by atoms with van der Waals surface area (Å²) in [7, 11) is 0. The maximum Gasteiger partial charge on any atom is 0.279 e. The number of nitrogens with zero attached hydrogens (tertiary/aromatic N) is 3. The minimum absolute atomic E-state index is 0.0235. The van der Waals surface area contributed by atoms with Crippen molar-refractivity contribution < 1.29 is 14.0 Å². The Morgan fingerprint density at radius 2 is 1.90 bits per heavy atom. The van der Waals surface area contributed by atoms with E-state index in [9.17, 15) is 14.0 Å². The van der Waals surface area contributed by atoms with Gasteiger partial charge in [-0.25, -0.2) is 9.37 Å². The number of hydrogen-bond acceptors (Lipinski definition) is 5. The third-order valence-electron chi connectivity index (χ3n) is 5.38. The van der Waals surface area contributed by atoms with E-state index in [0.717, 1.165) is 32.1 Å². The van der Waals surface area contributed by atoms with Gasteiger partial charge in [0.05, 0.1) is 11.9 Å². The maximum atomic E-state index is 14.9. The Balaban J connectivity index is 1.77. The number of halogens is 1. The number of rotatable bonds is 6. The highest BCUT2D eigenvalue weighted by atomic mass is 32.1. The largest absolute Gasteiger partial charge is 0.351 e. The zero-order valence-electron chi connectivity index (χ0n) is 16.9. The average Bonchev–Trinajstić information content (AvgIpc) is 3.33. The van der Waals surface area contributed by atoms with E-state index in [-0.39, 0.29) is 23.3 Å². The third-order valence-corrected chi connectivity index (χ3v) is 6.31. The highest BCUT2D eigenvalue weighted by Crippen LogP contribution is 2.33. The lowest BCUT2D eigenvalue weighted by Gasteiger charge is -2.32. The zero-order valence-corrected chi connectivity index (χ0v) is 17.7. The first-order chi connectivity index (χ1) is 15.1. The van der Waals surface area contributed by atoms with Crippen LogP contribution in [0.2, 0.25) is 0 Å². The van der Waals surface area contributed by atoms with Gasteiger partial charge in [-0.2, -0.15) is 0 Å². The molecule has 2 aromatic heterocycles. The fraction of sp³-hybridized carbons (Fsp3) is 0.304. The molecule has 4 rings (SSSR count). The van der Waals surface area contributed by atoms with Crippen molar-refractivity contribution in [1.82, 2.24) is 15.3 Å². The molecule has 1 aliphatic rings. The number of amides is 2. The van der Waals surface area contributed by atoms with Crippen molar-refractivity contribution in [3.05, 3.63) is 76.8 Å². The van der Waals surface area contributed by atoms with Gasteiger partial charge in [-0.05, 0) is 36.4 Å². The summed E-state index contributed by atoms with van der Waals surface area (Å²) in [6.45, 7) is 0. The minimum Gasteiger partial charge on any atom is -0.351 e. The van der Waals surface area contributed by atoms with Crippen LogP contribution in [0.3, 0.4) is 0 Å². The maximum absolute atomic E-state index is 14.9. The molecule has 2 amide bonds. The van der Waals surface area contributed by atoms with E-state index in [1.165, 1.54) is 47.0 Å². The predicted molar refractivity (Wildman–Crippen MR) is 117 cm³/mol. The Hall–Kier alpha value is -3.13. The Labute approximate surface area is 184 Å². The van der Waals surface area contributed by atoms with Crippen molar-refractivity contribution in [2.24, 2.45) is 0 Å². The SMILES string of the molecule is O=C(NC1CCCCC1)C(c1cccs1)N(C(=O)c1cnccn1)c1ccccc1F. The van der Waals surface area contributed by atoms with Gasteiger partial charge >= 0.3 is 0 Å². The highest BCUT2D eigenvalue weighted by molar-refractivity contribution is 7.10. The quantitative estimate of drug-likeness (QED) is 0.614. The van der Waals surface area contributed by atoms with Gasteiger partial charge in [0.25, 0.3) is 5.91 Å². The molecule has 0 bridgehead atoms. The lowest BCUT2D eigenvalue weighted by molar-refractivity contribution is -0.123. The number of nitrogens with one attached hydrogen (secondary N) is 1. The molecule has 160 valence electrons. The Kier molecular flexibility index (Phi) is 6.66. The second-order valence-electron chi connectivity index (χ2n) is 7.48. The number of hydrogen-bond donors (Lipinski definition) is 1. The van der Waals surface area contributed by atoms with Crippen LogP contribution >= 0.6 is 11.3 Å². The zero-order chi connectivity index (χ0) is 21.6. The predicted octanol–water partition coefficient (Wildman–Crippen LogP) is 4.51. The van der Waals surface area contributed by atoms with Gasteiger partial charge in [0.15, 0.2) is 6.04 Å². The molecule has 0 aliphatic heterocycles. The Morgan fingerprint density at radius 1 is 1.10 bits per heavy atom. The van der Waals surface area contributed by atoms with Crippen LogP contribution in [0.4, 0.5) is 10.1 Å². The molecule has 0 spiro atoms. The Morgan fingerprint density at radius 3 is 2.58 bits per heavy atom. The molecular formula is C23H23FN4O2S. The van der Waals surface area contributed by atoms with Gasteiger partial charge in [-0.1, -0.05) is 37.5 Å². The average molecular weight is 439 g/mol. The molecule has 2 heterocycles. The van der Waals surface area contributed by atoms with E-state index in [0.29, 0.717) is 4.88 Å². The van der Waals surface area contributed by atoms with E-state index in [1.807, 2.05) is 11.4 Å². The molecule has 1 fully saturated rings. The lowest BCUT2D eigenvalue weighted by atomic mass is 9.95. The summed E-state index contributed by atoms with van der Waals surface area (Å²) >= 11 is 1.35. The summed E-state index contributed by atoms with van der Waals surface area (Å²) in [5.74, 6) is -1.50. The number of anilines is 1. The molecule has 1 N–H and O–H groups in total. The molecule has 0 radical (unpaired) electrons. The molecule has 1 aromatic carbocycles. The topological polar surface area (TPSA) is 75.2 Å². The summed E-state index contributed by atoms with van der Waals surface area (Å²) in [5.41, 5.74) is 0.0631. The van der Waals surface area contributed by atoms with E-state index in [2.05, 4.69) is 15.3 Å². The normalized spacial score (nSPS) is 15.3. The highest BCUT2D eigenvalue weighted by Gasteiger charge is 2.37.